The van der Waals surface area contributed by atoms with E-state index in [1.165, 1.54) is 12.7 Å². The van der Waals surface area contributed by atoms with Gasteiger partial charge in [0, 0.05) is 11.6 Å². The Hall–Kier alpha value is -3.28. The number of benzene rings is 2. The van der Waals surface area contributed by atoms with E-state index in [9.17, 15) is 4.79 Å². The van der Waals surface area contributed by atoms with Gasteiger partial charge in [0.25, 0.3) is 5.91 Å². The van der Waals surface area contributed by atoms with Gasteiger partial charge in [-0.05, 0) is 38.5 Å². The van der Waals surface area contributed by atoms with Crippen LogP contribution in [-0.2, 0) is 0 Å². The third kappa shape index (κ3) is 3.65. The smallest absolute Gasteiger partial charge is 0.259 e. The van der Waals surface area contributed by atoms with E-state index < -0.39 is 0 Å². The fourth-order valence-electron chi connectivity index (χ4n) is 3.02. The lowest BCUT2D eigenvalue weighted by molar-refractivity contribution is 0.102. The number of aromatic amines is 1. The average Bonchev–Trinajstić information content (AvgIpc) is 3.01. The van der Waals surface area contributed by atoms with E-state index in [2.05, 4.69) is 21.6 Å². The van der Waals surface area contributed by atoms with Crippen LogP contribution in [-0.4, -0.2) is 30.3 Å². The quantitative estimate of drug-likeness (QED) is 0.708. The molecule has 1 heterocycles. The highest BCUT2D eigenvalue weighted by molar-refractivity contribution is 6.08. The molecule has 0 saturated carbocycles. The molecule has 27 heavy (non-hydrogen) atoms. The van der Waals surface area contributed by atoms with E-state index in [1.807, 2.05) is 32.9 Å². The van der Waals surface area contributed by atoms with Gasteiger partial charge < -0.3 is 14.8 Å². The number of methoxy groups -OCH3 is 2. The molecule has 3 aromatic rings. The monoisotopic (exact) mass is 365 g/mol. The van der Waals surface area contributed by atoms with Crippen LogP contribution in [0.1, 0.15) is 27.2 Å². The molecular weight excluding hydrogens is 342 g/mol. The van der Waals surface area contributed by atoms with Crippen molar-refractivity contribution in [2.24, 2.45) is 0 Å². The normalized spacial score (nSPS) is 10.6. The van der Waals surface area contributed by atoms with Crippen molar-refractivity contribution in [3.05, 3.63) is 58.8 Å². The molecule has 2 N–H and O–H groups in total. The Balaban J connectivity index is 1.97. The summed E-state index contributed by atoms with van der Waals surface area (Å²) in [4.78, 5) is 12.9. The first-order valence-corrected chi connectivity index (χ1v) is 8.60. The maximum Gasteiger partial charge on any atom is 0.259 e. The van der Waals surface area contributed by atoms with Gasteiger partial charge in [-0.1, -0.05) is 23.8 Å². The van der Waals surface area contributed by atoms with Gasteiger partial charge in [-0.25, -0.2) is 0 Å². The van der Waals surface area contributed by atoms with E-state index in [0.29, 0.717) is 28.4 Å². The Morgan fingerprint density at radius 2 is 1.81 bits per heavy atom. The SMILES string of the molecule is COc1ccc(C(=O)Nc2c(-c3ccc(C)cc3C)n[nH]c2C)c(OC)c1. The van der Waals surface area contributed by atoms with E-state index >= 15 is 0 Å². The third-order valence-electron chi connectivity index (χ3n) is 4.48. The molecule has 0 unspecified atom stereocenters. The summed E-state index contributed by atoms with van der Waals surface area (Å²) in [7, 11) is 3.09. The lowest BCUT2D eigenvalue weighted by Gasteiger charge is -2.12. The molecule has 1 aromatic heterocycles. The Bertz CT molecular complexity index is 992. The number of carbonyl (C=O) groups excluding carboxylic acids is 1. The van der Waals surface area contributed by atoms with Crippen LogP contribution in [0.3, 0.4) is 0 Å². The van der Waals surface area contributed by atoms with Crippen molar-refractivity contribution in [3.8, 4) is 22.8 Å². The summed E-state index contributed by atoms with van der Waals surface area (Å²) in [5, 5.41) is 10.3. The lowest BCUT2D eigenvalue weighted by atomic mass is 10.0. The number of anilines is 1. The number of rotatable bonds is 5. The van der Waals surface area contributed by atoms with Gasteiger partial charge in [-0.15, -0.1) is 0 Å². The van der Waals surface area contributed by atoms with Crippen molar-refractivity contribution < 1.29 is 14.3 Å². The lowest BCUT2D eigenvalue weighted by Crippen LogP contribution is -2.14. The number of H-pyrrole nitrogens is 1. The second kappa shape index (κ2) is 7.53. The van der Waals surface area contributed by atoms with Crippen LogP contribution in [0, 0.1) is 20.8 Å². The zero-order valence-electron chi connectivity index (χ0n) is 16.1. The minimum absolute atomic E-state index is 0.273. The molecular formula is C21H23N3O3. The molecule has 3 rings (SSSR count). The predicted octanol–water partition coefficient (Wildman–Crippen LogP) is 4.27. The first-order chi connectivity index (χ1) is 12.9. The number of aromatic nitrogens is 2. The summed E-state index contributed by atoms with van der Waals surface area (Å²) in [5.41, 5.74) is 5.82. The molecule has 0 spiro atoms. The molecule has 0 fully saturated rings. The molecule has 0 aliphatic heterocycles. The molecule has 140 valence electrons. The van der Waals surface area contributed by atoms with Crippen molar-refractivity contribution in [2.45, 2.75) is 20.8 Å². The number of amides is 1. The van der Waals surface area contributed by atoms with Gasteiger partial charge in [0.05, 0.1) is 31.2 Å². The number of carbonyl (C=O) groups is 1. The number of hydrogen-bond acceptors (Lipinski definition) is 4. The van der Waals surface area contributed by atoms with Crippen LogP contribution in [0.5, 0.6) is 11.5 Å². The van der Waals surface area contributed by atoms with Crippen LogP contribution in [0.15, 0.2) is 36.4 Å². The highest BCUT2D eigenvalue weighted by Crippen LogP contribution is 2.32. The minimum Gasteiger partial charge on any atom is -0.497 e. The van der Waals surface area contributed by atoms with Crippen molar-refractivity contribution in [1.82, 2.24) is 10.2 Å². The summed E-state index contributed by atoms with van der Waals surface area (Å²) >= 11 is 0. The molecule has 6 nitrogen and oxygen atoms in total. The Kier molecular flexibility index (Phi) is 5.16. The first kappa shape index (κ1) is 18.5. The molecule has 0 saturated heterocycles. The van der Waals surface area contributed by atoms with Gasteiger partial charge in [-0.2, -0.15) is 5.10 Å². The minimum atomic E-state index is -0.273. The fourth-order valence-corrected chi connectivity index (χ4v) is 3.02. The second-order valence-corrected chi connectivity index (χ2v) is 6.41. The van der Waals surface area contributed by atoms with Gasteiger partial charge in [0.2, 0.25) is 0 Å². The molecule has 6 heteroatoms. The van der Waals surface area contributed by atoms with Crippen molar-refractivity contribution in [3.63, 3.8) is 0 Å². The van der Waals surface area contributed by atoms with Gasteiger partial charge >= 0.3 is 0 Å². The molecule has 1 amide bonds. The van der Waals surface area contributed by atoms with E-state index in [1.54, 1.807) is 25.3 Å². The number of nitrogens with one attached hydrogen (secondary N) is 2. The van der Waals surface area contributed by atoms with Crippen LogP contribution in [0.25, 0.3) is 11.3 Å². The first-order valence-electron chi connectivity index (χ1n) is 8.60. The van der Waals surface area contributed by atoms with Gasteiger partial charge in [0.15, 0.2) is 0 Å². The summed E-state index contributed by atoms with van der Waals surface area (Å²) in [6.07, 6.45) is 0. The summed E-state index contributed by atoms with van der Waals surface area (Å²) in [5.74, 6) is 0.796. The zero-order valence-corrected chi connectivity index (χ0v) is 16.1. The number of aryl methyl sites for hydroxylation is 3. The van der Waals surface area contributed by atoms with Crippen LogP contribution in [0.2, 0.25) is 0 Å². The number of nitrogens with zero attached hydrogens (tertiary/aromatic N) is 1. The van der Waals surface area contributed by atoms with Crippen LogP contribution < -0.4 is 14.8 Å². The van der Waals surface area contributed by atoms with Gasteiger partial charge in [-0.3, -0.25) is 9.89 Å². The molecule has 2 aromatic carbocycles. The molecule has 0 aliphatic carbocycles. The highest BCUT2D eigenvalue weighted by Gasteiger charge is 2.19. The van der Waals surface area contributed by atoms with E-state index in [4.69, 9.17) is 9.47 Å². The summed E-state index contributed by atoms with van der Waals surface area (Å²) < 4.78 is 10.5. The zero-order chi connectivity index (χ0) is 19.6. The molecule has 0 atom stereocenters. The van der Waals surface area contributed by atoms with Crippen molar-refractivity contribution >= 4 is 11.6 Å². The third-order valence-corrected chi connectivity index (χ3v) is 4.48. The van der Waals surface area contributed by atoms with E-state index in [0.717, 1.165) is 16.8 Å². The summed E-state index contributed by atoms with van der Waals surface area (Å²) in [6.45, 7) is 5.95. The average molecular weight is 365 g/mol. The molecule has 0 aliphatic rings. The maximum atomic E-state index is 12.9. The molecule has 0 radical (unpaired) electrons. The van der Waals surface area contributed by atoms with Gasteiger partial charge in [0.1, 0.15) is 17.2 Å². The highest BCUT2D eigenvalue weighted by atomic mass is 16.5. The fraction of sp³-hybridized carbons (Fsp3) is 0.238. The van der Waals surface area contributed by atoms with Crippen LogP contribution >= 0.6 is 0 Å². The molecule has 0 bridgehead atoms. The topological polar surface area (TPSA) is 76.2 Å². The summed E-state index contributed by atoms with van der Waals surface area (Å²) in [6, 6.07) is 11.2. The largest absolute Gasteiger partial charge is 0.497 e. The Labute approximate surface area is 158 Å². The maximum absolute atomic E-state index is 12.9. The van der Waals surface area contributed by atoms with Crippen molar-refractivity contribution in [2.75, 3.05) is 19.5 Å². The van der Waals surface area contributed by atoms with Crippen LogP contribution in [0.4, 0.5) is 5.69 Å². The predicted molar refractivity (Wildman–Crippen MR) is 106 cm³/mol. The second-order valence-electron chi connectivity index (χ2n) is 6.41. The Morgan fingerprint density at radius 3 is 2.48 bits per heavy atom. The number of ether oxygens (including phenoxy) is 2. The van der Waals surface area contributed by atoms with E-state index in [-0.39, 0.29) is 5.91 Å². The number of hydrogen-bond donors (Lipinski definition) is 2. The van der Waals surface area contributed by atoms with Crippen molar-refractivity contribution in [1.29, 1.82) is 0 Å². The Morgan fingerprint density at radius 1 is 1.04 bits per heavy atom. The standard InChI is InChI=1S/C21H23N3O3/c1-12-6-8-16(13(2)10-12)20-19(14(3)23-24-20)22-21(25)17-9-7-15(26-4)11-18(17)27-5/h6-11H,1-5H3,(H,22,25)(H,23,24).